The first-order valence-corrected chi connectivity index (χ1v) is 9.67. The Morgan fingerprint density at radius 1 is 1.18 bits per heavy atom. The second-order valence-corrected chi connectivity index (χ2v) is 7.28. The summed E-state index contributed by atoms with van der Waals surface area (Å²) in [5.74, 6) is 0. The predicted molar refractivity (Wildman–Crippen MR) is 100 cm³/mol. The molecule has 0 aromatic heterocycles. The fourth-order valence-electron chi connectivity index (χ4n) is 3.85. The molecule has 0 spiro atoms. The van der Waals surface area contributed by atoms with Gasteiger partial charge in [0.2, 0.25) is 0 Å². The maximum atomic E-state index is 3.69. The average molecular weight is 306 g/mol. The van der Waals surface area contributed by atoms with Crippen LogP contribution in [0.4, 0.5) is 0 Å². The first-order chi connectivity index (χ1) is 10.7. The fourth-order valence-corrected chi connectivity index (χ4v) is 3.85. The number of hydrogen-bond donors (Lipinski definition) is 1. The molecule has 1 saturated carbocycles. The molecule has 1 heteroatoms. The lowest BCUT2D eigenvalue weighted by Gasteiger charge is -2.35. The average Bonchev–Trinajstić information content (AvgIpc) is 2.57. The summed E-state index contributed by atoms with van der Waals surface area (Å²) in [6.07, 6.45) is 18.0. The smallest absolute Gasteiger partial charge is 0.0135 e. The minimum absolute atomic E-state index is 0.464. The highest BCUT2D eigenvalue weighted by atomic mass is 14.9. The van der Waals surface area contributed by atoms with E-state index in [4.69, 9.17) is 0 Å². The van der Waals surface area contributed by atoms with Gasteiger partial charge < -0.3 is 5.32 Å². The molecule has 0 saturated heterocycles. The topological polar surface area (TPSA) is 12.0 Å². The normalized spacial score (nSPS) is 18.6. The summed E-state index contributed by atoms with van der Waals surface area (Å²) in [5.41, 5.74) is 3.96. The molecule has 1 aliphatic rings. The molecule has 1 aliphatic carbocycles. The van der Waals surface area contributed by atoms with Gasteiger partial charge in [-0.1, -0.05) is 56.4 Å². The molecule has 0 bridgehead atoms. The van der Waals surface area contributed by atoms with E-state index in [1.54, 1.807) is 11.1 Å². The summed E-state index contributed by atoms with van der Waals surface area (Å²) in [5, 5.41) is 3.69. The molecule has 1 nitrogen and oxygen atoms in total. The van der Waals surface area contributed by atoms with E-state index in [0.29, 0.717) is 5.41 Å². The Labute approximate surface area is 139 Å². The summed E-state index contributed by atoms with van der Waals surface area (Å²) in [4.78, 5) is 0. The maximum Gasteiger partial charge on any atom is 0.0135 e. The van der Waals surface area contributed by atoms with Crippen molar-refractivity contribution in [1.82, 2.24) is 5.32 Å². The molecule has 1 atom stereocenters. The van der Waals surface area contributed by atoms with Gasteiger partial charge in [0.1, 0.15) is 0 Å². The Morgan fingerprint density at radius 3 is 2.50 bits per heavy atom. The molecule has 1 N–H and O–H groups in total. The zero-order valence-corrected chi connectivity index (χ0v) is 15.6. The zero-order valence-electron chi connectivity index (χ0n) is 15.6. The third-order valence-electron chi connectivity index (χ3n) is 5.51. The molecule has 0 heterocycles. The van der Waals surface area contributed by atoms with Crippen LogP contribution >= 0.6 is 0 Å². The third-order valence-corrected chi connectivity index (χ3v) is 5.51. The van der Waals surface area contributed by atoms with Gasteiger partial charge in [-0.2, -0.15) is 0 Å². The summed E-state index contributed by atoms with van der Waals surface area (Å²) >= 11 is 0. The van der Waals surface area contributed by atoms with Gasteiger partial charge in [-0.05, 0) is 64.2 Å². The van der Waals surface area contributed by atoms with Crippen LogP contribution in [0, 0.1) is 5.41 Å². The molecule has 1 unspecified atom stereocenters. The molecule has 0 radical (unpaired) electrons. The van der Waals surface area contributed by atoms with Crippen molar-refractivity contribution in [3.05, 3.63) is 23.3 Å². The Hall–Kier alpha value is -0.560. The van der Waals surface area contributed by atoms with Crippen LogP contribution in [0.2, 0.25) is 0 Å². The van der Waals surface area contributed by atoms with Crippen molar-refractivity contribution in [3.63, 3.8) is 0 Å². The molecule has 0 aromatic rings. The molecule has 0 aliphatic heterocycles. The minimum Gasteiger partial charge on any atom is -0.313 e. The summed E-state index contributed by atoms with van der Waals surface area (Å²) < 4.78 is 0. The van der Waals surface area contributed by atoms with Crippen molar-refractivity contribution in [3.8, 4) is 0 Å². The number of allylic oxidation sites excluding steroid dienone is 3. The van der Waals surface area contributed by atoms with Gasteiger partial charge in [-0.15, -0.1) is 0 Å². The number of nitrogens with one attached hydrogen (secondary N) is 1. The van der Waals surface area contributed by atoms with Crippen LogP contribution in [0.25, 0.3) is 0 Å². The monoisotopic (exact) mass is 305 g/mol. The lowest BCUT2D eigenvalue weighted by molar-refractivity contribution is 0.230. The quantitative estimate of drug-likeness (QED) is 0.363. The predicted octanol–water partition coefficient (Wildman–Crippen LogP) is 6.41. The minimum atomic E-state index is 0.464. The standard InChI is InChI=1S/C21H39N/c1-5-8-15-21(7-3,18-22-16-9-6-2)17-19(4)20-13-11-10-12-14-20/h6,9,22H,5,7-8,10-18H2,1-4H3. The van der Waals surface area contributed by atoms with Gasteiger partial charge in [0.15, 0.2) is 0 Å². The Morgan fingerprint density at radius 2 is 1.91 bits per heavy atom. The van der Waals surface area contributed by atoms with Crippen molar-refractivity contribution in [2.24, 2.45) is 5.41 Å². The molecule has 0 aromatic carbocycles. The van der Waals surface area contributed by atoms with E-state index < -0.39 is 0 Å². The SMILES string of the molecule is CC=CCNCC(CC)(CCCC)CC(C)=C1CCCCC1. The van der Waals surface area contributed by atoms with Crippen LogP contribution in [-0.4, -0.2) is 13.1 Å². The third kappa shape index (κ3) is 6.69. The van der Waals surface area contributed by atoms with Gasteiger partial charge in [-0.25, -0.2) is 0 Å². The highest BCUT2D eigenvalue weighted by Gasteiger charge is 2.28. The van der Waals surface area contributed by atoms with E-state index in [-0.39, 0.29) is 0 Å². The van der Waals surface area contributed by atoms with Gasteiger partial charge in [0.05, 0.1) is 0 Å². The molecule has 128 valence electrons. The molecule has 0 amide bonds. The van der Waals surface area contributed by atoms with Crippen LogP contribution in [0.5, 0.6) is 0 Å². The maximum absolute atomic E-state index is 3.69. The molecule has 1 fully saturated rings. The molecule has 1 rings (SSSR count). The van der Waals surface area contributed by atoms with E-state index in [1.807, 2.05) is 0 Å². The molecule has 22 heavy (non-hydrogen) atoms. The van der Waals surface area contributed by atoms with Crippen molar-refractivity contribution < 1.29 is 0 Å². The van der Waals surface area contributed by atoms with E-state index in [0.717, 1.165) is 6.54 Å². The molecular formula is C21H39N. The lowest BCUT2D eigenvalue weighted by Crippen LogP contribution is -2.34. The van der Waals surface area contributed by atoms with E-state index in [9.17, 15) is 0 Å². The van der Waals surface area contributed by atoms with Gasteiger partial charge in [0, 0.05) is 13.1 Å². The van der Waals surface area contributed by atoms with Crippen molar-refractivity contribution >= 4 is 0 Å². The summed E-state index contributed by atoms with van der Waals surface area (Å²) in [6.45, 7) is 11.4. The second kappa shape index (κ2) is 11.0. The van der Waals surface area contributed by atoms with Gasteiger partial charge >= 0.3 is 0 Å². The number of rotatable bonds is 10. The fraction of sp³-hybridized carbons (Fsp3) is 0.810. The largest absolute Gasteiger partial charge is 0.313 e. The van der Waals surface area contributed by atoms with Crippen LogP contribution in [0.15, 0.2) is 23.3 Å². The van der Waals surface area contributed by atoms with Crippen LogP contribution in [0.3, 0.4) is 0 Å². The zero-order chi connectivity index (χ0) is 16.3. The summed E-state index contributed by atoms with van der Waals surface area (Å²) in [6, 6.07) is 0. The highest BCUT2D eigenvalue weighted by molar-refractivity contribution is 5.16. The van der Waals surface area contributed by atoms with E-state index in [2.05, 4.69) is 45.2 Å². The Bertz CT molecular complexity index is 345. The highest BCUT2D eigenvalue weighted by Crippen LogP contribution is 2.38. The van der Waals surface area contributed by atoms with E-state index in [1.165, 1.54) is 70.8 Å². The van der Waals surface area contributed by atoms with Gasteiger partial charge in [-0.3, -0.25) is 0 Å². The first kappa shape index (κ1) is 19.5. The lowest BCUT2D eigenvalue weighted by atomic mass is 9.73. The van der Waals surface area contributed by atoms with Crippen molar-refractivity contribution in [2.75, 3.05) is 13.1 Å². The molecular weight excluding hydrogens is 266 g/mol. The van der Waals surface area contributed by atoms with E-state index >= 15 is 0 Å². The number of unbranched alkanes of at least 4 members (excludes halogenated alkanes) is 1. The van der Waals surface area contributed by atoms with Crippen LogP contribution in [0.1, 0.15) is 91.9 Å². The van der Waals surface area contributed by atoms with Crippen molar-refractivity contribution in [2.45, 2.75) is 91.9 Å². The Balaban J connectivity index is 2.73. The van der Waals surface area contributed by atoms with Crippen molar-refractivity contribution in [1.29, 1.82) is 0 Å². The Kier molecular flexibility index (Phi) is 9.79. The van der Waals surface area contributed by atoms with Crippen LogP contribution in [-0.2, 0) is 0 Å². The number of hydrogen-bond acceptors (Lipinski definition) is 1. The van der Waals surface area contributed by atoms with Gasteiger partial charge in [0.25, 0.3) is 0 Å². The van der Waals surface area contributed by atoms with Crippen LogP contribution < -0.4 is 5.32 Å². The second-order valence-electron chi connectivity index (χ2n) is 7.28. The first-order valence-electron chi connectivity index (χ1n) is 9.67. The summed E-state index contributed by atoms with van der Waals surface area (Å²) in [7, 11) is 0.